The summed E-state index contributed by atoms with van der Waals surface area (Å²) < 4.78 is 5.74. The second-order valence-corrected chi connectivity index (χ2v) is 4.99. The second kappa shape index (κ2) is 5.17. The Bertz CT molecular complexity index is 363. The van der Waals surface area contributed by atoms with Crippen LogP contribution < -0.4 is 10.5 Å². The van der Waals surface area contributed by atoms with Crippen molar-refractivity contribution in [1.82, 2.24) is 0 Å². The largest absolute Gasteiger partial charge is 0.489 e. The third-order valence-electron chi connectivity index (χ3n) is 2.42. The highest BCUT2D eigenvalue weighted by atomic mass is 16.5. The van der Waals surface area contributed by atoms with Crippen LogP contribution in [0.25, 0.3) is 0 Å². The molecule has 0 radical (unpaired) electrons. The molecule has 0 saturated carbocycles. The van der Waals surface area contributed by atoms with Crippen LogP contribution >= 0.6 is 0 Å². The average molecular weight is 219 g/mol. The van der Waals surface area contributed by atoms with Crippen molar-refractivity contribution in [3.63, 3.8) is 0 Å². The van der Waals surface area contributed by atoms with Crippen molar-refractivity contribution in [3.05, 3.63) is 42.0 Å². The first-order valence-electron chi connectivity index (χ1n) is 5.54. The van der Waals surface area contributed by atoms with Crippen LogP contribution in [0.3, 0.4) is 0 Å². The zero-order valence-corrected chi connectivity index (χ0v) is 10.4. The summed E-state index contributed by atoms with van der Waals surface area (Å²) in [7, 11) is 0. The van der Waals surface area contributed by atoms with Crippen LogP contribution in [0.2, 0.25) is 0 Å². The number of rotatable bonds is 4. The Morgan fingerprint density at radius 3 is 2.50 bits per heavy atom. The Hall–Kier alpha value is -1.28. The Kier molecular flexibility index (Phi) is 4.13. The van der Waals surface area contributed by atoms with Gasteiger partial charge in [0.05, 0.1) is 0 Å². The molecule has 0 saturated heterocycles. The fourth-order valence-electron chi connectivity index (χ4n) is 1.45. The summed E-state index contributed by atoms with van der Waals surface area (Å²) >= 11 is 0. The van der Waals surface area contributed by atoms with E-state index in [1.165, 1.54) is 5.56 Å². The van der Waals surface area contributed by atoms with E-state index in [2.05, 4.69) is 33.4 Å². The monoisotopic (exact) mass is 219 g/mol. The fourth-order valence-corrected chi connectivity index (χ4v) is 1.45. The lowest BCUT2D eigenvalue weighted by atomic mass is 9.86. The van der Waals surface area contributed by atoms with Gasteiger partial charge >= 0.3 is 0 Å². The Morgan fingerprint density at radius 2 is 1.94 bits per heavy atom. The van der Waals surface area contributed by atoms with E-state index in [-0.39, 0.29) is 5.41 Å². The highest BCUT2D eigenvalue weighted by Crippen LogP contribution is 2.30. The number of ether oxygens (including phenoxy) is 1. The zero-order valence-electron chi connectivity index (χ0n) is 10.4. The third-order valence-corrected chi connectivity index (χ3v) is 2.42. The molecule has 88 valence electrons. The zero-order chi connectivity index (χ0) is 12.2. The van der Waals surface area contributed by atoms with Crippen LogP contribution in [-0.4, -0.2) is 13.2 Å². The van der Waals surface area contributed by atoms with E-state index in [4.69, 9.17) is 10.5 Å². The van der Waals surface area contributed by atoms with Crippen LogP contribution in [0.1, 0.15) is 26.3 Å². The number of benzene rings is 1. The normalized spacial score (nSPS) is 11.2. The molecule has 1 aromatic rings. The van der Waals surface area contributed by atoms with Crippen LogP contribution in [-0.2, 0) is 5.41 Å². The predicted molar refractivity (Wildman–Crippen MR) is 68.8 cm³/mol. The second-order valence-electron chi connectivity index (χ2n) is 4.99. The summed E-state index contributed by atoms with van der Waals surface area (Å²) in [6.45, 7) is 11.3. The number of para-hydroxylation sites is 1. The fraction of sp³-hybridized carbons (Fsp3) is 0.429. The molecule has 0 atom stereocenters. The summed E-state index contributed by atoms with van der Waals surface area (Å²) in [5.41, 5.74) is 7.68. The van der Waals surface area contributed by atoms with Crippen molar-refractivity contribution in [2.75, 3.05) is 13.2 Å². The maximum Gasteiger partial charge on any atom is 0.123 e. The molecule has 0 aromatic heterocycles. The van der Waals surface area contributed by atoms with Gasteiger partial charge in [-0.3, -0.25) is 0 Å². The van der Waals surface area contributed by atoms with Gasteiger partial charge in [-0.1, -0.05) is 45.5 Å². The molecule has 2 N–H and O–H groups in total. The van der Waals surface area contributed by atoms with Gasteiger partial charge in [0.2, 0.25) is 0 Å². The minimum Gasteiger partial charge on any atom is -0.489 e. The van der Waals surface area contributed by atoms with Gasteiger partial charge in [-0.2, -0.15) is 0 Å². The minimum atomic E-state index is 0.0840. The molecule has 0 aliphatic carbocycles. The number of hydrogen-bond donors (Lipinski definition) is 1. The van der Waals surface area contributed by atoms with Crippen molar-refractivity contribution < 1.29 is 4.74 Å². The Morgan fingerprint density at radius 1 is 1.31 bits per heavy atom. The first-order valence-corrected chi connectivity index (χ1v) is 5.54. The van der Waals surface area contributed by atoms with Crippen molar-refractivity contribution in [3.8, 4) is 5.75 Å². The summed E-state index contributed by atoms with van der Waals surface area (Å²) in [5.74, 6) is 0.921. The van der Waals surface area contributed by atoms with E-state index >= 15 is 0 Å². The van der Waals surface area contributed by atoms with Gasteiger partial charge in [-0.25, -0.2) is 0 Å². The first kappa shape index (κ1) is 12.8. The summed E-state index contributed by atoms with van der Waals surface area (Å²) in [5, 5.41) is 0. The molecule has 1 rings (SSSR count). The smallest absolute Gasteiger partial charge is 0.123 e. The van der Waals surface area contributed by atoms with E-state index in [9.17, 15) is 0 Å². The van der Waals surface area contributed by atoms with Crippen molar-refractivity contribution in [2.24, 2.45) is 5.73 Å². The molecule has 0 heterocycles. The van der Waals surface area contributed by atoms with E-state index in [1.807, 2.05) is 18.2 Å². The standard InChI is InChI=1S/C14H21NO/c1-11(9-15)10-16-13-8-6-5-7-12(13)14(2,3)4/h5-8H,1,9-10,15H2,2-4H3. The van der Waals surface area contributed by atoms with Crippen LogP contribution in [0.15, 0.2) is 36.4 Å². The average Bonchev–Trinajstić information content (AvgIpc) is 2.25. The molecule has 0 amide bonds. The van der Waals surface area contributed by atoms with E-state index < -0.39 is 0 Å². The van der Waals surface area contributed by atoms with E-state index in [1.54, 1.807) is 0 Å². The molecular weight excluding hydrogens is 198 g/mol. The highest BCUT2D eigenvalue weighted by molar-refractivity contribution is 5.38. The summed E-state index contributed by atoms with van der Waals surface area (Å²) in [6.07, 6.45) is 0. The first-order chi connectivity index (χ1) is 7.45. The molecule has 0 aliphatic heterocycles. The Balaban J connectivity index is 2.84. The molecule has 0 unspecified atom stereocenters. The summed E-state index contributed by atoms with van der Waals surface area (Å²) in [6, 6.07) is 8.10. The number of nitrogens with two attached hydrogens (primary N) is 1. The quantitative estimate of drug-likeness (QED) is 0.790. The van der Waals surface area contributed by atoms with Crippen molar-refractivity contribution >= 4 is 0 Å². The van der Waals surface area contributed by atoms with E-state index in [0.29, 0.717) is 13.2 Å². The Labute approximate surface area is 98.1 Å². The maximum absolute atomic E-state index is 5.74. The highest BCUT2D eigenvalue weighted by Gasteiger charge is 2.18. The van der Waals surface area contributed by atoms with Crippen molar-refractivity contribution in [2.45, 2.75) is 26.2 Å². The third kappa shape index (κ3) is 3.38. The van der Waals surface area contributed by atoms with Gasteiger partial charge < -0.3 is 10.5 Å². The lowest BCUT2D eigenvalue weighted by molar-refractivity contribution is 0.340. The van der Waals surface area contributed by atoms with Crippen LogP contribution in [0.5, 0.6) is 5.75 Å². The molecule has 0 bridgehead atoms. The lowest BCUT2D eigenvalue weighted by Gasteiger charge is -2.22. The molecule has 0 aliphatic rings. The molecule has 2 nitrogen and oxygen atoms in total. The van der Waals surface area contributed by atoms with Gasteiger partial charge in [-0.05, 0) is 22.6 Å². The van der Waals surface area contributed by atoms with Crippen LogP contribution in [0, 0.1) is 0 Å². The van der Waals surface area contributed by atoms with Crippen molar-refractivity contribution in [1.29, 1.82) is 0 Å². The van der Waals surface area contributed by atoms with Gasteiger partial charge in [0, 0.05) is 6.54 Å². The van der Waals surface area contributed by atoms with Gasteiger partial charge in [0.25, 0.3) is 0 Å². The van der Waals surface area contributed by atoms with E-state index in [0.717, 1.165) is 11.3 Å². The lowest BCUT2D eigenvalue weighted by Crippen LogP contribution is -2.15. The topological polar surface area (TPSA) is 35.2 Å². The molecule has 16 heavy (non-hydrogen) atoms. The van der Waals surface area contributed by atoms with Gasteiger partial charge in [0.15, 0.2) is 0 Å². The van der Waals surface area contributed by atoms with Crippen LogP contribution in [0.4, 0.5) is 0 Å². The van der Waals surface area contributed by atoms with Gasteiger partial charge in [0.1, 0.15) is 12.4 Å². The molecule has 0 spiro atoms. The summed E-state index contributed by atoms with van der Waals surface area (Å²) in [4.78, 5) is 0. The molecule has 1 aromatic carbocycles. The minimum absolute atomic E-state index is 0.0840. The molecule has 0 fully saturated rings. The maximum atomic E-state index is 5.74. The van der Waals surface area contributed by atoms with Gasteiger partial charge in [-0.15, -0.1) is 0 Å². The predicted octanol–water partition coefficient (Wildman–Crippen LogP) is 2.88. The number of hydrogen-bond acceptors (Lipinski definition) is 2. The molecular formula is C14H21NO. The molecule has 2 heteroatoms. The SMILES string of the molecule is C=C(CN)COc1ccccc1C(C)(C)C.